The SMILES string of the molecule is CCC1(Nc2c(F)cc([N+](=O)[O-])c3cccnc23)CCC1. The van der Waals surface area contributed by atoms with Crippen molar-refractivity contribution >= 4 is 22.3 Å². The Kier molecular flexibility index (Phi) is 3.23. The Balaban J connectivity index is 2.17. The zero-order chi connectivity index (χ0) is 15.0. The van der Waals surface area contributed by atoms with E-state index in [1.807, 2.05) is 0 Å². The Morgan fingerprint density at radius 2 is 2.29 bits per heavy atom. The van der Waals surface area contributed by atoms with Gasteiger partial charge < -0.3 is 5.32 Å². The summed E-state index contributed by atoms with van der Waals surface area (Å²) in [6, 6.07) is 4.20. The summed E-state index contributed by atoms with van der Waals surface area (Å²) in [7, 11) is 0. The second kappa shape index (κ2) is 4.95. The first-order chi connectivity index (χ1) is 10.1. The maximum atomic E-state index is 14.4. The molecule has 1 aromatic carbocycles. The van der Waals surface area contributed by atoms with Gasteiger partial charge in [-0.15, -0.1) is 0 Å². The van der Waals surface area contributed by atoms with Crippen LogP contribution >= 0.6 is 0 Å². The summed E-state index contributed by atoms with van der Waals surface area (Å²) in [6.45, 7) is 2.06. The molecular formula is C15H16FN3O2. The van der Waals surface area contributed by atoms with Crippen LogP contribution in [0.25, 0.3) is 10.9 Å². The maximum absolute atomic E-state index is 14.4. The lowest BCUT2D eigenvalue weighted by Gasteiger charge is -2.43. The average molecular weight is 289 g/mol. The van der Waals surface area contributed by atoms with Gasteiger partial charge in [-0.1, -0.05) is 6.92 Å². The van der Waals surface area contributed by atoms with Crippen molar-refractivity contribution in [3.63, 3.8) is 0 Å². The Hall–Kier alpha value is -2.24. The fraction of sp³-hybridized carbons (Fsp3) is 0.400. The first-order valence-electron chi connectivity index (χ1n) is 7.06. The smallest absolute Gasteiger partial charge is 0.281 e. The van der Waals surface area contributed by atoms with Crippen LogP contribution in [0.5, 0.6) is 0 Å². The fourth-order valence-corrected chi connectivity index (χ4v) is 2.90. The third-order valence-corrected chi connectivity index (χ3v) is 4.40. The summed E-state index contributed by atoms with van der Waals surface area (Å²) in [6.07, 6.45) is 5.48. The van der Waals surface area contributed by atoms with E-state index in [0.29, 0.717) is 10.9 Å². The van der Waals surface area contributed by atoms with Crippen LogP contribution in [0.4, 0.5) is 15.8 Å². The zero-order valence-electron chi connectivity index (χ0n) is 11.7. The minimum Gasteiger partial charge on any atom is -0.375 e. The predicted octanol–water partition coefficient (Wildman–Crippen LogP) is 4.03. The molecule has 1 N–H and O–H groups in total. The van der Waals surface area contributed by atoms with Crippen molar-refractivity contribution in [1.29, 1.82) is 0 Å². The Morgan fingerprint density at radius 3 is 2.86 bits per heavy atom. The van der Waals surface area contributed by atoms with Crippen LogP contribution in [-0.2, 0) is 0 Å². The van der Waals surface area contributed by atoms with Gasteiger partial charge in [-0.3, -0.25) is 15.1 Å². The molecule has 0 bridgehead atoms. The molecule has 1 saturated carbocycles. The number of benzene rings is 1. The number of hydrogen-bond donors (Lipinski definition) is 1. The third-order valence-electron chi connectivity index (χ3n) is 4.40. The molecule has 0 aliphatic heterocycles. The quantitative estimate of drug-likeness (QED) is 0.681. The van der Waals surface area contributed by atoms with Crippen molar-refractivity contribution in [1.82, 2.24) is 4.98 Å². The summed E-state index contributed by atoms with van der Waals surface area (Å²) in [4.78, 5) is 14.7. The molecule has 1 aromatic heterocycles. The Morgan fingerprint density at radius 1 is 1.52 bits per heavy atom. The molecule has 21 heavy (non-hydrogen) atoms. The van der Waals surface area contributed by atoms with Gasteiger partial charge in [0.2, 0.25) is 0 Å². The molecule has 0 radical (unpaired) electrons. The number of pyridine rings is 1. The van der Waals surface area contributed by atoms with E-state index >= 15 is 0 Å². The van der Waals surface area contributed by atoms with Gasteiger partial charge in [-0.05, 0) is 37.8 Å². The van der Waals surface area contributed by atoms with E-state index < -0.39 is 10.7 Å². The van der Waals surface area contributed by atoms with Crippen LogP contribution < -0.4 is 5.32 Å². The molecule has 6 heteroatoms. The number of nitrogens with zero attached hydrogens (tertiary/aromatic N) is 2. The minimum atomic E-state index is -0.618. The number of aromatic nitrogens is 1. The van der Waals surface area contributed by atoms with E-state index in [1.165, 1.54) is 6.20 Å². The molecule has 0 unspecified atom stereocenters. The van der Waals surface area contributed by atoms with Gasteiger partial charge in [0.05, 0.1) is 22.1 Å². The normalized spacial score (nSPS) is 16.5. The highest BCUT2D eigenvalue weighted by Gasteiger charge is 2.36. The molecule has 0 saturated heterocycles. The number of non-ortho nitro benzene ring substituents is 1. The van der Waals surface area contributed by atoms with E-state index in [4.69, 9.17) is 0 Å². The molecule has 110 valence electrons. The third kappa shape index (κ3) is 2.20. The van der Waals surface area contributed by atoms with Crippen LogP contribution in [0, 0.1) is 15.9 Å². The second-order valence-electron chi connectivity index (χ2n) is 5.52. The molecule has 1 aliphatic carbocycles. The zero-order valence-corrected chi connectivity index (χ0v) is 11.7. The largest absolute Gasteiger partial charge is 0.375 e. The number of hydrogen-bond acceptors (Lipinski definition) is 4. The van der Waals surface area contributed by atoms with Gasteiger partial charge in [0.1, 0.15) is 5.52 Å². The average Bonchev–Trinajstić information content (AvgIpc) is 2.44. The van der Waals surface area contributed by atoms with E-state index in [0.717, 1.165) is 31.7 Å². The van der Waals surface area contributed by atoms with E-state index in [1.54, 1.807) is 12.1 Å². The standard InChI is InChI=1S/C15H16FN3O2/c1-2-15(6-4-7-15)18-14-11(16)9-12(19(20)21)10-5-3-8-17-13(10)14/h3,5,8-9,18H,2,4,6-7H2,1H3. The summed E-state index contributed by atoms with van der Waals surface area (Å²) in [5, 5.41) is 14.7. The van der Waals surface area contributed by atoms with Gasteiger partial charge in [-0.2, -0.15) is 0 Å². The summed E-state index contributed by atoms with van der Waals surface area (Å²) in [5.74, 6) is -0.618. The number of nitrogens with one attached hydrogen (secondary N) is 1. The Labute approximate surface area is 121 Å². The van der Waals surface area contributed by atoms with E-state index in [2.05, 4.69) is 17.2 Å². The first kappa shape index (κ1) is 13.7. The van der Waals surface area contributed by atoms with Gasteiger partial charge in [0, 0.05) is 11.7 Å². The topological polar surface area (TPSA) is 68.1 Å². The molecule has 0 atom stereocenters. The molecule has 5 nitrogen and oxygen atoms in total. The van der Waals surface area contributed by atoms with Crippen molar-refractivity contribution in [3.8, 4) is 0 Å². The molecular weight excluding hydrogens is 273 g/mol. The van der Waals surface area contributed by atoms with Gasteiger partial charge in [0.15, 0.2) is 5.82 Å². The van der Waals surface area contributed by atoms with Gasteiger partial charge in [-0.25, -0.2) is 4.39 Å². The monoisotopic (exact) mass is 289 g/mol. The van der Waals surface area contributed by atoms with Crippen molar-refractivity contribution in [2.45, 2.75) is 38.1 Å². The minimum absolute atomic E-state index is 0.110. The van der Waals surface area contributed by atoms with Crippen LogP contribution in [0.15, 0.2) is 24.4 Å². The molecule has 1 aliphatic rings. The number of nitro benzene ring substituents is 1. The highest BCUT2D eigenvalue weighted by molar-refractivity contribution is 5.97. The summed E-state index contributed by atoms with van der Waals surface area (Å²) in [5.41, 5.74) is 0.239. The molecule has 1 heterocycles. The van der Waals surface area contributed by atoms with Gasteiger partial charge in [0.25, 0.3) is 5.69 Å². The molecule has 0 spiro atoms. The predicted molar refractivity (Wildman–Crippen MR) is 78.9 cm³/mol. The summed E-state index contributed by atoms with van der Waals surface area (Å²) < 4.78 is 14.4. The highest BCUT2D eigenvalue weighted by atomic mass is 19.1. The lowest BCUT2D eigenvalue weighted by molar-refractivity contribution is -0.383. The number of anilines is 1. The first-order valence-corrected chi connectivity index (χ1v) is 7.06. The number of nitro groups is 1. The molecule has 2 aromatic rings. The Bertz CT molecular complexity index is 708. The number of halogens is 1. The van der Waals surface area contributed by atoms with Crippen LogP contribution in [0.2, 0.25) is 0 Å². The van der Waals surface area contributed by atoms with Crippen LogP contribution in [0.1, 0.15) is 32.6 Å². The van der Waals surface area contributed by atoms with Crippen LogP contribution in [-0.4, -0.2) is 15.4 Å². The fourth-order valence-electron chi connectivity index (χ4n) is 2.90. The van der Waals surface area contributed by atoms with Crippen molar-refractivity contribution < 1.29 is 9.31 Å². The van der Waals surface area contributed by atoms with E-state index in [-0.39, 0.29) is 16.9 Å². The highest BCUT2D eigenvalue weighted by Crippen LogP contribution is 2.41. The number of fused-ring (bicyclic) bond motifs is 1. The lowest BCUT2D eigenvalue weighted by Crippen LogP contribution is -2.44. The lowest BCUT2D eigenvalue weighted by atomic mass is 9.74. The number of rotatable bonds is 4. The van der Waals surface area contributed by atoms with Gasteiger partial charge >= 0.3 is 0 Å². The van der Waals surface area contributed by atoms with Crippen molar-refractivity contribution in [3.05, 3.63) is 40.3 Å². The molecule has 3 rings (SSSR count). The molecule has 1 fully saturated rings. The maximum Gasteiger partial charge on any atom is 0.281 e. The summed E-state index contributed by atoms with van der Waals surface area (Å²) >= 11 is 0. The van der Waals surface area contributed by atoms with Crippen molar-refractivity contribution in [2.75, 3.05) is 5.32 Å². The molecule has 0 amide bonds. The van der Waals surface area contributed by atoms with E-state index in [9.17, 15) is 14.5 Å². The second-order valence-corrected chi connectivity index (χ2v) is 5.52. The van der Waals surface area contributed by atoms with Crippen LogP contribution in [0.3, 0.4) is 0 Å². The van der Waals surface area contributed by atoms with Crippen molar-refractivity contribution in [2.24, 2.45) is 0 Å².